The Kier molecular flexibility index (Phi) is 3.72. The van der Waals surface area contributed by atoms with Crippen LogP contribution in [-0.2, 0) is 0 Å². The molecule has 2 aromatic heterocycles. The smallest absolute Gasteiger partial charge is 0.260 e. The second-order valence-electron chi connectivity index (χ2n) is 4.38. The van der Waals surface area contributed by atoms with Crippen LogP contribution >= 0.6 is 0 Å². The summed E-state index contributed by atoms with van der Waals surface area (Å²) in [5.74, 6) is 1.17. The summed E-state index contributed by atoms with van der Waals surface area (Å²) in [6.45, 7) is 1.23. The van der Waals surface area contributed by atoms with Gasteiger partial charge in [-0.1, -0.05) is 12.1 Å². The van der Waals surface area contributed by atoms with Gasteiger partial charge in [-0.05, 0) is 12.1 Å². The largest absolute Gasteiger partial charge is 0.367 e. The van der Waals surface area contributed by atoms with Gasteiger partial charge in [0.25, 0.3) is 5.56 Å². The summed E-state index contributed by atoms with van der Waals surface area (Å²) < 4.78 is 0. The van der Waals surface area contributed by atoms with Crippen molar-refractivity contribution in [3.63, 3.8) is 0 Å². The van der Waals surface area contributed by atoms with Crippen LogP contribution in [0.25, 0.3) is 10.9 Å². The molecule has 0 radical (unpaired) electrons. The molecule has 106 valence electrons. The molecule has 1 aromatic carbocycles. The van der Waals surface area contributed by atoms with Crippen LogP contribution in [0, 0.1) is 0 Å². The fourth-order valence-electron chi connectivity index (χ4n) is 1.93. The Morgan fingerprint density at radius 1 is 1.10 bits per heavy atom. The van der Waals surface area contributed by atoms with Gasteiger partial charge in [-0.2, -0.15) is 0 Å². The monoisotopic (exact) mass is 282 g/mol. The van der Waals surface area contributed by atoms with E-state index in [9.17, 15) is 4.79 Å². The van der Waals surface area contributed by atoms with E-state index >= 15 is 0 Å². The molecule has 7 nitrogen and oxygen atoms in total. The average molecular weight is 282 g/mol. The number of aromatic nitrogens is 4. The van der Waals surface area contributed by atoms with Crippen LogP contribution in [-0.4, -0.2) is 33.0 Å². The summed E-state index contributed by atoms with van der Waals surface area (Å²) >= 11 is 0. The summed E-state index contributed by atoms with van der Waals surface area (Å²) in [7, 11) is 0. The van der Waals surface area contributed by atoms with Crippen LogP contribution in [0.4, 0.5) is 11.8 Å². The Labute approximate surface area is 120 Å². The van der Waals surface area contributed by atoms with Crippen LogP contribution in [0.15, 0.2) is 47.7 Å². The molecule has 0 spiro atoms. The molecule has 0 fully saturated rings. The molecular weight excluding hydrogens is 268 g/mol. The lowest BCUT2D eigenvalue weighted by molar-refractivity contribution is 1.01. The van der Waals surface area contributed by atoms with Gasteiger partial charge in [-0.25, -0.2) is 9.97 Å². The van der Waals surface area contributed by atoms with Crippen LogP contribution in [0.5, 0.6) is 0 Å². The molecule has 7 heteroatoms. The molecule has 0 atom stereocenters. The number of fused-ring (bicyclic) bond motifs is 1. The van der Waals surface area contributed by atoms with Crippen molar-refractivity contribution in [1.29, 1.82) is 0 Å². The van der Waals surface area contributed by atoms with Crippen molar-refractivity contribution in [1.82, 2.24) is 19.9 Å². The maximum absolute atomic E-state index is 11.9. The molecule has 2 heterocycles. The molecule has 3 aromatic rings. The van der Waals surface area contributed by atoms with Gasteiger partial charge in [0, 0.05) is 25.5 Å². The number of benzene rings is 1. The van der Waals surface area contributed by atoms with Crippen molar-refractivity contribution in [3.8, 4) is 0 Å². The van der Waals surface area contributed by atoms with Gasteiger partial charge < -0.3 is 10.6 Å². The van der Waals surface area contributed by atoms with Crippen molar-refractivity contribution in [2.45, 2.75) is 0 Å². The van der Waals surface area contributed by atoms with Crippen molar-refractivity contribution in [3.05, 3.63) is 53.2 Å². The van der Waals surface area contributed by atoms with Gasteiger partial charge in [0.1, 0.15) is 5.82 Å². The molecular formula is C14H14N6O. The number of aromatic amines is 1. The second-order valence-corrected chi connectivity index (χ2v) is 4.38. The molecule has 21 heavy (non-hydrogen) atoms. The number of hydrogen-bond acceptors (Lipinski definition) is 6. The molecule has 0 saturated heterocycles. The predicted octanol–water partition coefficient (Wildman–Crippen LogP) is 1.24. The molecule has 0 amide bonds. The molecule has 0 bridgehead atoms. The van der Waals surface area contributed by atoms with Gasteiger partial charge in [0.05, 0.1) is 17.1 Å². The third-order valence-electron chi connectivity index (χ3n) is 2.90. The Hall–Kier alpha value is -2.96. The minimum atomic E-state index is -0.148. The highest BCUT2D eigenvalue weighted by atomic mass is 16.1. The first-order chi connectivity index (χ1) is 10.3. The summed E-state index contributed by atoms with van der Waals surface area (Å²) in [6.07, 6.45) is 4.89. The Bertz CT molecular complexity index is 786. The van der Waals surface area contributed by atoms with Crippen molar-refractivity contribution in [2.75, 3.05) is 23.7 Å². The van der Waals surface area contributed by atoms with Gasteiger partial charge in [0.2, 0.25) is 5.95 Å². The summed E-state index contributed by atoms with van der Waals surface area (Å²) in [5.41, 5.74) is 0.524. The van der Waals surface area contributed by atoms with Crippen LogP contribution in [0.2, 0.25) is 0 Å². The van der Waals surface area contributed by atoms with E-state index in [-0.39, 0.29) is 5.56 Å². The van der Waals surface area contributed by atoms with E-state index in [1.165, 1.54) is 0 Å². The Balaban J connectivity index is 1.62. The topological polar surface area (TPSA) is 95.6 Å². The number of para-hydroxylation sites is 1. The van der Waals surface area contributed by atoms with E-state index in [1.54, 1.807) is 24.7 Å². The first-order valence-electron chi connectivity index (χ1n) is 6.56. The second kappa shape index (κ2) is 6.00. The van der Waals surface area contributed by atoms with Crippen LogP contribution in [0.1, 0.15) is 0 Å². The number of nitrogens with one attached hydrogen (secondary N) is 3. The summed E-state index contributed by atoms with van der Waals surface area (Å²) in [5, 5.41) is 6.77. The number of rotatable bonds is 5. The highest BCUT2D eigenvalue weighted by Crippen LogP contribution is 2.07. The molecule has 0 aliphatic rings. The standard InChI is InChI=1S/C14H14N6O/c21-13-10-3-1-2-4-11(10)19-14(20-13)18-8-7-17-12-9-15-5-6-16-12/h1-6,9H,7-8H2,(H,16,17)(H2,18,19,20,21). The lowest BCUT2D eigenvalue weighted by Crippen LogP contribution is -2.18. The van der Waals surface area contributed by atoms with E-state index in [2.05, 4.69) is 30.6 Å². The summed E-state index contributed by atoms with van der Waals surface area (Å²) in [4.78, 5) is 27.0. The van der Waals surface area contributed by atoms with Crippen molar-refractivity contribution >= 4 is 22.7 Å². The minimum absolute atomic E-state index is 0.148. The summed E-state index contributed by atoms with van der Waals surface area (Å²) in [6, 6.07) is 7.24. The minimum Gasteiger partial charge on any atom is -0.367 e. The molecule has 3 rings (SSSR count). The van der Waals surface area contributed by atoms with E-state index < -0.39 is 0 Å². The third-order valence-corrected chi connectivity index (χ3v) is 2.90. The fraction of sp³-hybridized carbons (Fsp3) is 0.143. The van der Waals surface area contributed by atoms with Gasteiger partial charge in [0.15, 0.2) is 0 Å². The zero-order chi connectivity index (χ0) is 14.5. The lowest BCUT2D eigenvalue weighted by Gasteiger charge is -2.07. The number of anilines is 2. The van der Waals surface area contributed by atoms with Crippen molar-refractivity contribution < 1.29 is 0 Å². The lowest BCUT2D eigenvalue weighted by atomic mass is 10.2. The number of hydrogen-bond donors (Lipinski definition) is 3. The Morgan fingerprint density at radius 3 is 2.81 bits per heavy atom. The van der Waals surface area contributed by atoms with E-state index in [1.807, 2.05) is 18.2 Å². The van der Waals surface area contributed by atoms with E-state index in [0.717, 1.165) is 0 Å². The van der Waals surface area contributed by atoms with E-state index in [4.69, 9.17) is 0 Å². The van der Waals surface area contributed by atoms with Crippen molar-refractivity contribution in [2.24, 2.45) is 0 Å². The van der Waals surface area contributed by atoms with Crippen LogP contribution in [0.3, 0.4) is 0 Å². The molecule has 0 aliphatic carbocycles. The number of nitrogens with zero attached hydrogens (tertiary/aromatic N) is 3. The molecule has 0 unspecified atom stereocenters. The zero-order valence-electron chi connectivity index (χ0n) is 11.2. The maximum atomic E-state index is 11.9. The highest BCUT2D eigenvalue weighted by Gasteiger charge is 2.02. The SMILES string of the molecule is O=c1[nH]c(NCCNc2cnccn2)nc2ccccc12. The quantitative estimate of drug-likeness (QED) is 0.609. The number of H-pyrrole nitrogens is 1. The molecule has 3 N–H and O–H groups in total. The highest BCUT2D eigenvalue weighted by molar-refractivity contribution is 5.78. The van der Waals surface area contributed by atoms with Gasteiger partial charge in [-0.15, -0.1) is 0 Å². The van der Waals surface area contributed by atoms with Crippen LogP contribution < -0.4 is 16.2 Å². The van der Waals surface area contributed by atoms with E-state index in [0.29, 0.717) is 35.8 Å². The average Bonchev–Trinajstić information content (AvgIpc) is 2.53. The zero-order valence-corrected chi connectivity index (χ0v) is 11.2. The normalized spacial score (nSPS) is 10.5. The molecule has 0 aliphatic heterocycles. The first-order valence-corrected chi connectivity index (χ1v) is 6.56. The predicted molar refractivity (Wildman–Crippen MR) is 81.4 cm³/mol. The fourth-order valence-corrected chi connectivity index (χ4v) is 1.93. The van der Waals surface area contributed by atoms with Gasteiger partial charge >= 0.3 is 0 Å². The first kappa shape index (κ1) is 13.0. The maximum Gasteiger partial charge on any atom is 0.260 e. The third kappa shape index (κ3) is 3.14. The van der Waals surface area contributed by atoms with Gasteiger partial charge in [-0.3, -0.25) is 14.8 Å². The Morgan fingerprint density at radius 2 is 1.95 bits per heavy atom. The molecule has 0 saturated carbocycles.